The zero-order valence-electron chi connectivity index (χ0n) is 22.0. The van der Waals surface area contributed by atoms with E-state index in [9.17, 15) is 4.79 Å². The summed E-state index contributed by atoms with van der Waals surface area (Å²) < 4.78 is 11.3. The number of hydrogen-bond acceptors (Lipinski definition) is 5. The normalized spacial score (nSPS) is 11.8. The second kappa shape index (κ2) is 15.0. The lowest BCUT2D eigenvalue weighted by atomic mass is 10.0. The van der Waals surface area contributed by atoms with Crippen molar-refractivity contribution in [2.24, 2.45) is 5.92 Å². The Labute approximate surface area is 216 Å². The lowest BCUT2D eigenvalue weighted by molar-refractivity contribution is -0.134. The van der Waals surface area contributed by atoms with Crippen molar-refractivity contribution in [3.8, 4) is 34.0 Å². The minimum absolute atomic E-state index is 0.170. The molecule has 3 rings (SSSR count). The molecule has 36 heavy (non-hydrogen) atoms. The molecule has 1 atom stereocenters. The van der Waals surface area contributed by atoms with Gasteiger partial charge >= 0.3 is 5.97 Å². The second-order valence-corrected chi connectivity index (χ2v) is 9.49. The van der Waals surface area contributed by atoms with Crippen LogP contribution in [0.5, 0.6) is 11.5 Å². The van der Waals surface area contributed by atoms with Gasteiger partial charge in [0, 0.05) is 29.9 Å². The molecule has 0 amide bonds. The highest BCUT2D eigenvalue weighted by Crippen LogP contribution is 2.24. The van der Waals surface area contributed by atoms with Crippen LogP contribution in [0.3, 0.4) is 0 Å². The van der Waals surface area contributed by atoms with Gasteiger partial charge in [0.15, 0.2) is 5.82 Å². The minimum Gasteiger partial charge on any atom is -0.494 e. The first-order valence-electron chi connectivity index (χ1n) is 13.5. The van der Waals surface area contributed by atoms with Crippen molar-refractivity contribution in [1.82, 2.24) is 9.97 Å². The van der Waals surface area contributed by atoms with Crippen LogP contribution >= 0.6 is 0 Å². The molecular formula is C31H40N2O3. The summed E-state index contributed by atoms with van der Waals surface area (Å²) in [5.41, 5.74) is 2.83. The van der Waals surface area contributed by atoms with Crippen molar-refractivity contribution in [1.29, 1.82) is 0 Å². The van der Waals surface area contributed by atoms with Gasteiger partial charge in [-0.3, -0.25) is 4.79 Å². The summed E-state index contributed by atoms with van der Waals surface area (Å²) in [4.78, 5) is 21.2. The van der Waals surface area contributed by atoms with Gasteiger partial charge in [-0.1, -0.05) is 71.4 Å². The van der Waals surface area contributed by atoms with Crippen LogP contribution in [0, 0.1) is 5.92 Å². The van der Waals surface area contributed by atoms with Gasteiger partial charge in [0.2, 0.25) is 0 Å². The maximum absolute atomic E-state index is 12.1. The molecule has 5 nitrogen and oxygen atoms in total. The van der Waals surface area contributed by atoms with Gasteiger partial charge in [0.1, 0.15) is 11.5 Å². The molecule has 0 saturated carbocycles. The quantitative estimate of drug-likeness (QED) is 0.122. The smallest absolute Gasteiger partial charge is 0.311 e. The molecule has 192 valence electrons. The molecule has 0 N–H and O–H groups in total. The molecule has 1 aromatic heterocycles. The van der Waals surface area contributed by atoms with Gasteiger partial charge in [-0.25, -0.2) is 9.97 Å². The summed E-state index contributed by atoms with van der Waals surface area (Å²) in [6.07, 6.45) is 13.1. The molecule has 0 fully saturated rings. The van der Waals surface area contributed by atoms with E-state index in [1.54, 1.807) is 0 Å². The number of rotatable bonds is 15. The number of unbranched alkanes of at least 4 members (excludes halogenated alkanes) is 4. The van der Waals surface area contributed by atoms with Crippen LogP contribution < -0.4 is 9.47 Å². The number of nitrogens with zero attached hydrogens (tertiary/aromatic N) is 2. The van der Waals surface area contributed by atoms with Crippen LogP contribution in [0.25, 0.3) is 22.5 Å². The molecule has 5 heteroatoms. The van der Waals surface area contributed by atoms with Crippen LogP contribution in [0.1, 0.15) is 78.6 Å². The Balaban J connectivity index is 1.47. The molecule has 0 aliphatic rings. The van der Waals surface area contributed by atoms with E-state index in [0.717, 1.165) is 54.2 Å². The molecule has 0 aliphatic heterocycles. The monoisotopic (exact) mass is 488 g/mol. The highest BCUT2D eigenvalue weighted by Gasteiger charge is 2.08. The largest absolute Gasteiger partial charge is 0.494 e. The molecule has 2 aromatic carbocycles. The molecule has 0 aliphatic carbocycles. The Morgan fingerprint density at radius 2 is 1.44 bits per heavy atom. The van der Waals surface area contributed by atoms with Crippen LogP contribution in [0.2, 0.25) is 0 Å². The van der Waals surface area contributed by atoms with E-state index < -0.39 is 0 Å². The maximum atomic E-state index is 12.1. The Morgan fingerprint density at radius 3 is 2.11 bits per heavy atom. The number of carbonyl (C=O) groups is 1. The number of hydrogen-bond donors (Lipinski definition) is 0. The molecule has 1 unspecified atom stereocenters. The lowest BCUT2D eigenvalue weighted by Gasteiger charge is -2.08. The number of ether oxygens (including phenoxy) is 2. The molecule has 1 heterocycles. The van der Waals surface area contributed by atoms with E-state index in [-0.39, 0.29) is 5.97 Å². The van der Waals surface area contributed by atoms with Crippen molar-refractivity contribution >= 4 is 5.97 Å². The maximum Gasteiger partial charge on any atom is 0.311 e. The highest BCUT2D eigenvalue weighted by molar-refractivity contribution is 5.73. The fraction of sp³-hybridized carbons (Fsp3) is 0.452. The first-order chi connectivity index (χ1) is 17.6. The van der Waals surface area contributed by atoms with Gasteiger partial charge in [0.05, 0.1) is 6.61 Å². The average molecular weight is 489 g/mol. The molecule has 0 bridgehead atoms. The highest BCUT2D eigenvalue weighted by atomic mass is 16.5. The van der Waals surface area contributed by atoms with Crippen molar-refractivity contribution in [2.75, 3.05) is 6.61 Å². The summed E-state index contributed by atoms with van der Waals surface area (Å²) in [5.74, 6) is 2.71. The topological polar surface area (TPSA) is 61.3 Å². The third kappa shape index (κ3) is 9.10. The number of carbonyl (C=O) groups excluding carboxylic acids is 1. The number of aromatic nitrogens is 2. The van der Waals surface area contributed by atoms with E-state index in [1.165, 1.54) is 32.1 Å². The SMILES string of the molecule is CCCCCOc1ccc(-c2ncc(-c3ccc(OC(=O)CCCCCC(C)CC)cc3)cn2)cc1. The fourth-order valence-corrected chi connectivity index (χ4v) is 3.91. The summed E-state index contributed by atoms with van der Waals surface area (Å²) in [5, 5.41) is 0. The average Bonchev–Trinajstić information content (AvgIpc) is 2.91. The molecule has 0 radical (unpaired) electrons. The zero-order chi connectivity index (χ0) is 25.6. The molecule has 0 saturated heterocycles. The van der Waals surface area contributed by atoms with Gasteiger partial charge in [-0.15, -0.1) is 0 Å². The van der Waals surface area contributed by atoms with Gasteiger partial charge in [-0.05, 0) is 60.7 Å². The Morgan fingerprint density at radius 1 is 0.778 bits per heavy atom. The summed E-state index contributed by atoms with van der Waals surface area (Å²) in [7, 11) is 0. The number of esters is 1. The Bertz CT molecular complexity index is 1030. The third-order valence-corrected chi connectivity index (χ3v) is 6.48. The van der Waals surface area contributed by atoms with Crippen molar-refractivity contribution in [3.63, 3.8) is 0 Å². The third-order valence-electron chi connectivity index (χ3n) is 6.48. The first kappa shape index (κ1) is 27.4. The molecule has 3 aromatic rings. The summed E-state index contributed by atoms with van der Waals surface area (Å²) in [6, 6.07) is 15.4. The van der Waals surface area contributed by atoms with E-state index in [1.807, 2.05) is 60.9 Å². The fourth-order valence-electron chi connectivity index (χ4n) is 3.91. The summed E-state index contributed by atoms with van der Waals surface area (Å²) in [6.45, 7) is 7.43. The van der Waals surface area contributed by atoms with Crippen molar-refractivity contribution in [2.45, 2.75) is 78.6 Å². The predicted molar refractivity (Wildman–Crippen MR) is 146 cm³/mol. The van der Waals surface area contributed by atoms with E-state index in [0.29, 0.717) is 18.0 Å². The van der Waals surface area contributed by atoms with Crippen LogP contribution in [-0.4, -0.2) is 22.5 Å². The first-order valence-corrected chi connectivity index (χ1v) is 13.5. The van der Waals surface area contributed by atoms with Gasteiger partial charge < -0.3 is 9.47 Å². The van der Waals surface area contributed by atoms with Crippen LogP contribution in [0.15, 0.2) is 60.9 Å². The van der Waals surface area contributed by atoms with E-state index in [4.69, 9.17) is 9.47 Å². The molecule has 0 spiro atoms. The van der Waals surface area contributed by atoms with Crippen LogP contribution in [0.4, 0.5) is 0 Å². The Hall–Kier alpha value is -3.21. The van der Waals surface area contributed by atoms with Gasteiger partial charge in [0.25, 0.3) is 0 Å². The van der Waals surface area contributed by atoms with Crippen molar-refractivity contribution < 1.29 is 14.3 Å². The number of benzene rings is 2. The van der Waals surface area contributed by atoms with Crippen molar-refractivity contribution in [3.05, 3.63) is 60.9 Å². The standard InChI is InChI=1S/C31H40N2O3/c1-4-6-10-21-35-28-17-15-26(16-18-28)31-32-22-27(23-33-31)25-13-19-29(20-14-25)36-30(34)12-9-7-8-11-24(3)5-2/h13-20,22-24H,4-12,21H2,1-3H3. The predicted octanol–water partition coefficient (Wildman–Crippen LogP) is 8.28. The second-order valence-electron chi connectivity index (χ2n) is 9.49. The van der Waals surface area contributed by atoms with E-state index in [2.05, 4.69) is 30.7 Å². The molecular weight excluding hydrogens is 448 g/mol. The summed E-state index contributed by atoms with van der Waals surface area (Å²) >= 11 is 0. The van der Waals surface area contributed by atoms with Gasteiger partial charge in [-0.2, -0.15) is 0 Å². The minimum atomic E-state index is -0.170. The van der Waals surface area contributed by atoms with Crippen LogP contribution in [-0.2, 0) is 4.79 Å². The lowest BCUT2D eigenvalue weighted by Crippen LogP contribution is -2.07. The van der Waals surface area contributed by atoms with E-state index >= 15 is 0 Å². The zero-order valence-corrected chi connectivity index (χ0v) is 22.0. The Kier molecular flexibility index (Phi) is 11.4.